The van der Waals surface area contributed by atoms with Crippen molar-refractivity contribution in [1.29, 1.82) is 0 Å². The van der Waals surface area contributed by atoms with Crippen molar-refractivity contribution < 1.29 is 13.2 Å². The molecule has 25 heavy (non-hydrogen) atoms. The molecule has 1 aliphatic heterocycles. The van der Waals surface area contributed by atoms with Crippen LogP contribution in [-0.4, -0.2) is 21.4 Å². The Kier molecular flexibility index (Phi) is 4.51. The second-order valence-corrected chi connectivity index (χ2v) is 8.38. The summed E-state index contributed by atoms with van der Waals surface area (Å²) in [7, 11) is -2.08. The number of carbonyl (C=O) groups excluding carboxylic acids is 1. The molecule has 0 unspecified atom stereocenters. The summed E-state index contributed by atoms with van der Waals surface area (Å²) < 4.78 is 28.1. The van der Waals surface area contributed by atoms with E-state index in [0.717, 1.165) is 22.4 Å². The van der Waals surface area contributed by atoms with Gasteiger partial charge in [0.1, 0.15) is 0 Å². The molecule has 7 heteroatoms. The third kappa shape index (κ3) is 3.37. The van der Waals surface area contributed by atoms with Gasteiger partial charge in [-0.25, -0.2) is 8.42 Å². The standard InChI is InChI=1S/C18H19ClN2O3S/c1-11-8-12(2)18(15(19)9-11)20-25(23,24)14-5-6-16-13(10-14)4-7-17(22)21(16)3/h5-6,8-10,20H,4,7H2,1-3H3. The number of carbonyl (C=O) groups is 1. The maximum atomic E-state index is 12.8. The Morgan fingerprint density at radius 3 is 2.52 bits per heavy atom. The van der Waals surface area contributed by atoms with Gasteiger partial charge in [-0.05, 0) is 61.2 Å². The van der Waals surface area contributed by atoms with Crippen molar-refractivity contribution in [3.8, 4) is 0 Å². The van der Waals surface area contributed by atoms with E-state index in [9.17, 15) is 13.2 Å². The summed E-state index contributed by atoms with van der Waals surface area (Å²) in [6.45, 7) is 3.71. The highest BCUT2D eigenvalue weighted by molar-refractivity contribution is 7.92. The Balaban J connectivity index is 1.98. The average Bonchev–Trinajstić information content (AvgIpc) is 2.54. The molecule has 132 valence electrons. The minimum absolute atomic E-state index is 0.0308. The highest BCUT2D eigenvalue weighted by Gasteiger charge is 2.24. The molecule has 0 fully saturated rings. The van der Waals surface area contributed by atoms with E-state index in [1.165, 1.54) is 6.07 Å². The second-order valence-electron chi connectivity index (χ2n) is 6.29. The van der Waals surface area contributed by atoms with Gasteiger partial charge in [0.25, 0.3) is 10.0 Å². The van der Waals surface area contributed by atoms with Crippen LogP contribution in [0.5, 0.6) is 0 Å². The Bertz CT molecular complexity index is 947. The van der Waals surface area contributed by atoms with Crippen molar-refractivity contribution >= 4 is 38.9 Å². The maximum absolute atomic E-state index is 12.8. The minimum Gasteiger partial charge on any atom is -0.315 e. The topological polar surface area (TPSA) is 66.5 Å². The zero-order chi connectivity index (χ0) is 18.4. The number of anilines is 2. The third-order valence-corrected chi connectivity index (χ3v) is 6.02. The van der Waals surface area contributed by atoms with Gasteiger partial charge in [-0.2, -0.15) is 0 Å². The van der Waals surface area contributed by atoms with Gasteiger partial charge in [0, 0.05) is 19.2 Å². The molecule has 3 rings (SSSR count). The molecule has 0 saturated carbocycles. The first-order valence-electron chi connectivity index (χ1n) is 7.88. The number of halogens is 1. The fraction of sp³-hybridized carbons (Fsp3) is 0.278. The molecule has 0 bridgehead atoms. The number of hydrogen-bond acceptors (Lipinski definition) is 3. The zero-order valence-corrected chi connectivity index (χ0v) is 15.8. The average molecular weight is 379 g/mol. The largest absolute Gasteiger partial charge is 0.315 e. The van der Waals surface area contributed by atoms with E-state index in [1.807, 2.05) is 19.9 Å². The lowest BCUT2D eigenvalue weighted by Crippen LogP contribution is -2.31. The molecule has 0 spiro atoms. The Hall–Kier alpha value is -2.05. The number of nitrogens with zero attached hydrogens (tertiary/aromatic N) is 1. The predicted molar refractivity (Wildman–Crippen MR) is 99.9 cm³/mol. The monoisotopic (exact) mass is 378 g/mol. The molecule has 1 aliphatic rings. The molecule has 2 aromatic carbocycles. The van der Waals surface area contributed by atoms with Crippen molar-refractivity contribution in [2.45, 2.75) is 31.6 Å². The first kappa shape index (κ1) is 17.8. The fourth-order valence-electron chi connectivity index (χ4n) is 3.04. The van der Waals surface area contributed by atoms with E-state index >= 15 is 0 Å². The van der Waals surface area contributed by atoms with Crippen molar-refractivity contribution in [2.75, 3.05) is 16.7 Å². The van der Waals surface area contributed by atoms with Crippen LogP contribution in [0, 0.1) is 13.8 Å². The minimum atomic E-state index is -3.77. The van der Waals surface area contributed by atoms with Gasteiger partial charge in [-0.15, -0.1) is 0 Å². The van der Waals surface area contributed by atoms with E-state index < -0.39 is 10.0 Å². The summed E-state index contributed by atoms with van der Waals surface area (Å²) in [4.78, 5) is 13.5. The van der Waals surface area contributed by atoms with E-state index in [0.29, 0.717) is 23.6 Å². The van der Waals surface area contributed by atoms with Gasteiger partial charge in [0.2, 0.25) is 5.91 Å². The molecular weight excluding hydrogens is 360 g/mol. The van der Waals surface area contributed by atoms with E-state index in [2.05, 4.69) is 4.72 Å². The first-order chi connectivity index (χ1) is 11.7. The third-order valence-electron chi connectivity index (χ3n) is 4.37. The van der Waals surface area contributed by atoms with Crippen LogP contribution >= 0.6 is 11.6 Å². The molecule has 2 aromatic rings. The number of hydrogen-bond donors (Lipinski definition) is 1. The molecule has 0 aliphatic carbocycles. The van der Waals surface area contributed by atoms with Crippen LogP contribution in [0.25, 0.3) is 0 Å². The molecule has 0 aromatic heterocycles. The molecule has 5 nitrogen and oxygen atoms in total. The van der Waals surface area contributed by atoms with Gasteiger partial charge >= 0.3 is 0 Å². The van der Waals surface area contributed by atoms with Gasteiger partial charge in [0.05, 0.1) is 15.6 Å². The van der Waals surface area contributed by atoms with Crippen molar-refractivity contribution in [3.63, 3.8) is 0 Å². The van der Waals surface area contributed by atoms with Gasteiger partial charge < -0.3 is 4.90 Å². The van der Waals surface area contributed by atoms with E-state index in [-0.39, 0.29) is 10.8 Å². The lowest BCUT2D eigenvalue weighted by Gasteiger charge is -2.26. The number of amides is 1. The molecule has 0 atom stereocenters. The number of nitrogens with one attached hydrogen (secondary N) is 1. The predicted octanol–water partition coefficient (Wildman–Crippen LogP) is 3.67. The molecule has 1 amide bonds. The highest BCUT2D eigenvalue weighted by atomic mass is 35.5. The van der Waals surface area contributed by atoms with Crippen molar-refractivity contribution in [2.24, 2.45) is 0 Å². The Morgan fingerprint density at radius 2 is 1.84 bits per heavy atom. The highest BCUT2D eigenvalue weighted by Crippen LogP contribution is 2.32. The molecular formula is C18H19ClN2O3S. The number of rotatable bonds is 3. The summed E-state index contributed by atoms with van der Waals surface area (Å²) in [5.41, 5.74) is 3.71. The number of aryl methyl sites for hydroxylation is 3. The van der Waals surface area contributed by atoms with E-state index in [1.54, 1.807) is 30.1 Å². The number of benzene rings is 2. The van der Waals surface area contributed by atoms with Crippen LogP contribution in [0.3, 0.4) is 0 Å². The van der Waals surface area contributed by atoms with Crippen LogP contribution in [0.1, 0.15) is 23.1 Å². The fourth-order valence-corrected chi connectivity index (χ4v) is 4.66. The van der Waals surface area contributed by atoms with Crippen LogP contribution in [0.15, 0.2) is 35.2 Å². The normalized spacial score (nSPS) is 14.4. The molecule has 0 radical (unpaired) electrons. The Morgan fingerprint density at radius 1 is 1.12 bits per heavy atom. The smallest absolute Gasteiger partial charge is 0.261 e. The van der Waals surface area contributed by atoms with Crippen LogP contribution in [0.2, 0.25) is 5.02 Å². The zero-order valence-electron chi connectivity index (χ0n) is 14.3. The quantitative estimate of drug-likeness (QED) is 0.886. The lowest BCUT2D eigenvalue weighted by atomic mass is 10.0. The SMILES string of the molecule is Cc1cc(C)c(NS(=O)(=O)c2ccc3c(c2)CCC(=O)N3C)c(Cl)c1. The molecule has 1 heterocycles. The van der Waals surface area contributed by atoms with Gasteiger partial charge in [0.15, 0.2) is 0 Å². The van der Waals surface area contributed by atoms with Crippen molar-refractivity contribution in [3.05, 3.63) is 52.0 Å². The van der Waals surface area contributed by atoms with E-state index in [4.69, 9.17) is 11.6 Å². The van der Waals surface area contributed by atoms with Crippen LogP contribution in [-0.2, 0) is 21.2 Å². The molecule has 0 saturated heterocycles. The van der Waals surface area contributed by atoms with Crippen molar-refractivity contribution in [1.82, 2.24) is 0 Å². The number of fused-ring (bicyclic) bond motifs is 1. The summed E-state index contributed by atoms with van der Waals surface area (Å²) in [5, 5.41) is 0.365. The summed E-state index contributed by atoms with van der Waals surface area (Å²) in [6.07, 6.45) is 0.912. The van der Waals surface area contributed by atoms with Gasteiger partial charge in [-0.3, -0.25) is 9.52 Å². The first-order valence-corrected chi connectivity index (χ1v) is 9.74. The lowest BCUT2D eigenvalue weighted by molar-refractivity contribution is -0.118. The summed E-state index contributed by atoms with van der Waals surface area (Å²) in [6, 6.07) is 8.40. The molecule has 1 N–H and O–H groups in total. The number of sulfonamides is 1. The maximum Gasteiger partial charge on any atom is 0.261 e. The van der Waals surface area contributed by atoms with Gasteiger partial charge in [-0.1, -0.05) is 17.7 Å². The summed E-state index contributed by atoms with van der Waals surface area (Å²) in [5.74, 6) is 0.0308. The van der Waals surface area contributed by atoms with Crippen LogP contribution in [0.4, 0.5) is 11.4 Å². The second kappa shape index (κ2) is 6.35. The van der Waals surface area contributed by atoms with Crippen LogP contribution < -0.4 is 9.62 Å². The summed E-state index contributed by atoms with van der Waals surface area (Å²) >= 11 is 6.21. The Labute approximate surface area is 152 Å².